The molecule has 5 heterocycles. The van der Waals surface area contributed by atoms with E-state index in [0.717, 1.165) is 22.1 Å². The maximum absolute atomic E-state index is 13.5. The molecule has 0 saturated carbocycles. The van der Waals surface area contributed by atoms with Crippen LogP contribution in [0.15, 0.2) is 71.4 Å². The number of carboxylic acid groups (broad SMARTS) is 1. The third kappa shape index (κ3) is 6.74. The molecule has 254 valence electrons. The molecule has 0 spiro atoms. The predicted octanol–water partition coefficient (Wildman–Crippen LogP) is -0.589. The molecule has 6 rings (SSSR count). The summed E-state index contributed by atoms with van der Waals surface area (Å²) in [4.78, 5) is 62.7. The zero-order chi connectivity index (χ0) is 34.9. The summed E-state index contributed by atoms with van der Waals surface area (Å²) in [6.07, 6.45) is 5.11. The van der Waals surface area contributed by atoms with Crippen LogP contribution in [0.5, 0.6) is 5.75 Å². The summed E-state index contributed by atoms with van der Waals surface area (Å²) in [5, 5.41) is 22.3. The molecule has 2 amide bonds. The van der Waals surface area contributed by atoms with E-state index >= 15 is 0 Å². The second-order valence-electron chi connectivity index (χ2n) is 11.3. The molecule has 1 saturated heterocycles. The van der Waals surface area contributed by atoms with Crippen LogP contribution in [0.1, 0.15) is 25.2 Å². The number of nitrogens with zero attached hydrogens (tertiary/aromatic N) is 7. The van der Waals surface area contributed by atoms with Crippen LogP contribution in [0.25, 0.3) is 5.65 Å². The van der Waals surface area contributed by atoms with Crippen LogP contribution in [-0.4, -0.2) is 83.2 Å². The Morgan fingerprint density at radius 3 is 2.69 bits per heavy atom. The number of imidazole rings is 1. The fourth-order valence-electron chi connectivity index (χ4n) is 5.04. The number of anilines is 1. The zero-order valence-electron chi connectivity index (χ0n) is 26.3. The van der Waals surface area contributed by atoms with Crippen LogP contribution in [0, 0.1) is 0 Å². The van der Waals surface area contributed by atoms with Crippen molar-refractivity contribution >= 4 is 63.5 Å². The van der Waals surface area contributed by atoms with E-state index in [0.29, 0.717) is 16.9 Å². The highest BCUT2D eigenvalue weighted by atomic mass is 32.2. The van der Waals surface area contributed by atoms with Crippen LogP contribution >= 0.6 is 23.3 Å². The first-order valence-corrected chi connectivity index (χ1v) is 16.5. The number of fused-ring (bicyclic) bond motifs is 2. The number of hydrogen-bond donors (Lipinski definition) is 2. The minimum absolute atomic E-state index is 0.0308. The Bertz CT molecular complexity index is 2010. The Hall–Kier alpha value is -5.56. The predicted molar refractivity (Wildman–Crippen MR) is 171 cm³/mol. The highest BCUT2D eigenvalue weighted by Gasteiger charge is 2.53. The number of carboxylic acids is 1. The Morgan fingerprint density at radius 2 is 2.00 bits per heavy atom. The molecule has 2 aliphatic heterocycles. The molecule has 3 aromatic heterocycles. The van der Waals surface area contributed by atoms with Gasteiger partial charge in [-0.05, 0) is 37.6 Å². The third-order valence-electron chi connectivity index (χ3n) is 7.58. The van der Waals surface area contributed by atoms with Crippen LogP contribution in [0.3, 0.4) is 0 Å². The van der Waals surface area contributed by atoms with E-state index in [1.807, 2.05) is 6.07 Å². The fraction of sp³-hybridized carbons (Fsp3) is 0.300. The summed E-state index contributed by atoms with van der Waals surface area (Å²) >= 11 is 2.08. The summed E-state index contributed by atoms with van der Waals surface area (Å²) in [7, 11) is 1.54. The molecule has 0 aliphatic carbocycles. The van der Waals surface area contributed by atoms with E-state index in [2.05, 4.69) is 24.9 Å². The van der Waals surface area contributed by atoms with Crippen molar-refractivity contribution in [3.05, 3.63) is 77.6 Å². The van der Waals surface area contributed by atoms with Gasteiger partial charge >= 0.3 is 11.6 Å². The quantitative estimate of drug-likeness (QED) is 0.0619. The number of hydrogen-bond acceptors (Lipinski definition) is 15. The Kier molecular flexibility index (Phi) is 9.20. The van der Waals surface area contributed by atoms with Crippen LogP contribution in [0.2, 0.25) is 0 Å². The van der Waals surface area contributed by atoms with Gasteiger partial charge in [0.1, 0.15) is 36.5 Å². The van der Waals surface area contributed by atoms with Crippen molar-refractivity contribution < 1.29 is 43.2 Å². The number of carbonyl (C=O) groups excluding carboxylic acids is 4. The molecule has 1 fully saturated rings. The molecule has 2 aliphatic rings. The Morgan fingerprint density at radius 1 is 1.22 bits per heavy atom. The van der Waals surface area contributed by atoms with E-state index in [1.165, 1.54) is 25.6 Å². The molecule has 2 atom stereocenters. The van der Waals surface area contributed by atoms with Gasteiger partial charge in [0, 0.05) is 28.9 Å². The maximum Gasteiger partial charge on any atom is 0.353 e. The first-order valence-electron chi connectivity index (χ1n) is 14.6. The number of rotatable bonds is 12. The number of nitrogen functional groups attached to an aromatic ring is 1. The van der Waals surface area contributed by atoms with Crippen LogP contribution in [-0.2, 0) is 41.9 Å². The zero-order valence-corrected chi connectivity index (χ0v) is 27.9. The van der Waals surface area contributed by atoms with Crippen molar-refractivity contribution in [2.24, 2.45) is 5.16 Å². The summed E-state index contributed by atoms with van der Waals surface area (Å²) in [5.74, 6) is -3.17. The number of ether oxygens (including phenoxy) is 2. The second kappa shape index (κ2) is 13.5. The van der Waals surface area contributed by atoms with Crippen molar-refractivity contribution in [2.45, 2.75) is 44.0 Å². The van der Waals surface area contributed by atoms with Gasteiger partial charge in [0.15, 0.2) is 11.3 Å². The first kappa shape index (κ1) is 33.3. The van der Waals surface area contributed by atoms with E-state index < -0.39 is 46.5 Å². The highest BCUT2D eigenvalue weighted by molar-refractivity contribution is 8.00. The van der Waals surface area contributed by atoms with Crippen molar-refractivity contribution in [3.8, 4) is 5.75 Å². The third-order valence-corrected chi connectivity index (χ3v) is 9.46. The number of amides is 2. The number of oxime groups is 1. The average Bonchev–Trinajstić information content (AvgIpc) is 3.71. The lowest BCUT2D eigenvalue weighted by Gasteiger charge is -2.50. The standard InChI is InChI=1S/C30H29N9O8S2/c1-30(2,28(44)46-14-16-6-8-18(45-3)9-7-16)47-35-20(23-34-29(31)49-36-23)24(40)33-21-25(41)39-22(27(42)43)17(15-48-26(21)39)13-37-11-12-38-19(37)5-4-10-32-38/h4-12,21,26H,13-15H2,1-3H3,(H3-,31,33,34,36,40,42,43)/b35-20-/t21-,26-/m1/s1. The smallest absolute Gasteiger partial charge is 0.353 e. The molecule has 0 unspecified atom stereocenters. The number of β-lactam (4-membered cyclic amide) rings is 1. The minimum Gasteiger partial charge on any atom is -0.543 e. The molecular formula is C30H29N9O8S2. The van der Waals surface area contributed by atoms with Crippen molar-refractivity contribution in [1.29, 1.82) is 0 Å². The number of carbonyl (C=O) groups is 4. The molecule has 3 N–H and O–H groups in total. The van der Waals surface area contributed by atoms with Crippen LogP contribution < -0.4 is 25.5 Å². The Balaban J connectivity index is 1.16. The second-order valence-corrected chi connectivity index (χ2v) is 13.2. The summed E-state index contributed by atoms with van der Waals surface area (Å²) in [6, 6.07) is 9.38. The number of aliphatic carboxylic acids is 1. The molecular weight excluding hydrogens is 679 g/mol. The lowest BCUT2D eigenvalue weighted by atomic mass is 10.0. The number of benzene rings is 1. The molecule has 0 radical (unpaired) electrons. The summed E-state index contributed by atoms with van der Waals surface area (Å²) in [6.45, 7) is 2.91. The summed E-state index contributed by atoms with van der Waals surface area (Å²) < 4.78 is 18.0. The number of nitrogens with two attached hydrogens (primary N) is 1. The van der Waals surface area contributed by atoms with Gasteiger partial charge in [-0.1, -0.05) is 22.4 Å². The lowest BCUT2D eigenvalue weighted by molar-refractivity contribution is -0.662. The van der Waals surface area contributed by atoms with E-state index in [-0.39, 0.29) is 35.6 Å². The van der Waals surface area contributed by atoms with Gasteiger partial charge in [-0.3, -0.25) is 14.5 Å². The molecule has 1 aromatic carbocycles. The molecule has 19 heteroatoms. The number of esters is 1. The molecule has 0 bridgehead atoms. The van der Waals surface area contributed by atoms with E-state index in [9.17, 15) is 24.3 Å². The number of nitrogens with one attached hydrogen (secondary N) is 1. The topological polar surface area (TPSA) is 220 Å². The molecule has 4 aromatic rings. The van der Waals surface area contributed by atoms with Crippen LogP contribution in [0.4, 0.5) is 5.13 Å². The van der Waals surface area contributed by atoms with Crippen molar-refractivity contribution in [3.63, 3.8) is 0 Å². The van der Waals surface area contributed by atoms with Gasteiger partial charge in [0.2, 0.25) is 17.1 Å². The Labute approximate surface area is 286 Å². The number of thioether (sulfide) groups is 1. The normalized spacial score (nSPS) is 17.7. The minimum atomic E-state index is -1.66. The van der Waals surface area contributed by atoms with E-state index in [1.54, 1.807) is 65.1 Å². The fourth-order valence-corrected chi connectivity index (χ4v) is 6.81. The van der Waals surface area contributed by atoms with Gasteiger partial charge < -0.3 is 35.3 Å². The van der Waals surface area contributed by atoms with Gasteiger partial charge in [0.25, 0.3) is 11.8 Å². The first-order chi connectivity index (χ1) is 23.5. The highest BCUT2D eigenvalue weighted by Crippen LogP contribution is 2.40. The molecule has 49 heavy (non-hydrogen) atoms. The number of aromatic nitrogens is 5. The lowest BCUT2D eigenvalue weighted by Crippen LogP contribution is -2.71. The van der Waals surface area contributed by atoms with Gasteiger partial charge in [-0.25, -0.2) is 9.36 Å². The average molecular weight is 708 g/mol. The largest absolute Gasteiger partial charge is 0.543 e. The van der Waals surface area contributed by atoms with Gasteiger partial charge in [-0.15, -0.1) is 16.3 Å². The van der Waals surface area contributed by atoms with Crippen molar-refractivity contribution in [1.82, 2.24) is 29.2 Å². The van der Waals surface area contributed by atoms with E-state index in [4.69, 9.17) is 20.0 Å². The van der Waals surface area contributed by atoms with Gasteiger partial charge in [-0.2, -0.15) is 9.36 Å². The van der Waals surface area contributed by atoms with Crippen molar-refractivity contribution in [2.75, 3.05) is 18.6 Å². The monoisotopic (exact) mass is 707 g/mol. The van der Waals surface area contributed by atoms with Gasteiger partial charge in [0.05, 0.1) is 25.0 Å². The summed E-state index contributed by atoms with van der Waals surface area (Å²) in [5.41, 5.74) is 5.25. The molecule has 17 nitrogen and oxygen atoms in total. The number of methoxy groups -OCH3 is 1. The maximum atomic E-state index is 13.5. The SMILES string of the molecule is COc1ccc(COC(=O)C(C)(C)O/N=C(\C(=O)N[C@@H]2C(=O)N3C(C(=O)[O-])=C(C[n+]4ccn5ncccc54)CS[C@H]23)c2nsc(N)n2)cc1.